The highest BCUT2D eigenvalue weighted by molar-refractivity contribution is 5.87. The van der Waals surface area contributed by atoms with Gasteiger partial charge in [0, 0.05) is 49.4 Å². The van der Waals surface area contributed by atoms with Gasteiger partial charge in [0.05, 0.1) is 18.1 Å². The number of benzene rings is 1. The molecule has 0 amide bonds. The highest BCUT2D eigenvalue weighted by Gasteiger charge is 2.17. The lowest BCUT2D eigenvalue weighted by molar-refractivity contribution is 0.589. The fourth-order valence-corrected chi connectivity index (χ4v) is 4.08. The average molecular weight is 463 g/mol. The van der Waals surface area contributed by atoms with Gasteiger partial charge in [-0.05, 0) is 42.8 Å². The lowest BCUT2D eigenvalue weighted by Gasteiger charge is -2.29. The van der Waals surface area contributed by atoms with Gasteiger partial charge in [-0.25, -0.2) is 23.7 Å². The molecular formula is C24H24F2N8. The van der Waals surface area contributed by atoms with Gasteiger partial charge in [-0.2, -0.15) is 0 Å². The molecule has 4 aromatic rings. The topological polar surface area (TPSA) is 105 Å². The third-order valence-corrected chi connectivity index (χ3v) is 5.81. The number of hydrogen-bond donors (Lipinski definition) is 3. The van der Waals surface area contributed by atoms with Gasteiger partial charge in [-0.15, -0.1) is 0 Å². The maximum absolute atomic E-state index is 14.8. The van der Waals surface area contributed by atoms with Crippen LogP contribution in [-0.4, -0.2) is 46.1 Å². The Morgan fingerprint density at radius 1 is 1.03 bits per heavy atom. The molecule has 4 N–H and O–H groups in total. The minimum Gasteiger partial charge on any atom is -0.368 e. The zero-order valence-corrected chi connectivity index (χ0v) is 18.6. The second-order valence-corrected chi connectivity index (χ2v) is 8.20. The van der Waals surface area contributed by atoms with E-state index < -0.39 is 11.6 Å². The highest BCUT2D eigenvalue weighted by Crippen LogP contribution is 2.30. The van der Waals surface area contributed by atoms with Gasteiger partial charge in [0.1, 0.15) is 22.8 Å². The van der Waals surface area contributed by atoms with Gasteiger partial charge >= 0.3 is 0 Å². The third kappa shape index (κ3) is 4.37. The summed E-state index contributed by atoms with van der Waals surface area (Å²) in [6.45, 7) is 5.50. The van der Waals surface area contributed by atoms with Crippen LogP contribution < -0.4 is 21.3 Å². The molecule has 5 rings (SSSR count). The standard InChI is InChI=1S/C24H24F2N8/c1-14(27)17-4-5-29-23-18(17)10-15(11-19(23)25)22-20(26)13-31-24(33-22)32-21-3-2-16(12-30-21)34-8-6-28-7-9-34/h2-5,10-14,28H,6-9,27H2,1H3,(H,30,31,32,33). The fraction of sp³-hybridized carbons (Fsp3) is 0.250. The van der Waals surface area contributed by atoms with E-state index >= 15 is 0 Å². The number of halogens is 2. The van der Waals surface area contributed by atoms with Crippen LogP contribution in [0.4, 0.5) is 26.2 Å². The Kier molecular flexibility index (Phi) is 5.99. The second-order valence-electron chi connectivity index (χ2n) is 8.20. The summed E-state index contributed by atoms with van der Waals surface area (Å²) in [6.07, 6.45) is 4.34. The number of hydrogen-bond acceptors (Lipinski definition) is 8. The normalized spacial score (nSPS) is 14.9. The van der Waals surface area contributed by atoms with Crippen molar-refractivity contribution in [3.8, 4) is 11.3 Å². The molecule has 1 saturated heterocycles. The Bertz CT molecular complexity index is 1320. The Morgan fingerprint density at radius 2 is 1.85 bits per heavy atom. The van der Waals surface area contributed by atoms with Gasteiger partial charge in [-0.1, -0.05) is 0 Å². The molecule has 174 valence electrons. The Hall–Kier alpha value is -3.76. The van der Waals surface area contributed by atoms with Crippen molar-refractivity contribution in [2.75, 3.05) is 36.4 Å². The maximum Gasteiger partial charge on any atom is 0.229 e. The lowest BCUT2D eigenvalue weighted by Crippen LogP contribution is -2.43. The first-order valence-corrected chi connectivity index (χ1v) is 11.0. The number of rotatable bonds is 5. The molecule has 1 fully saturated rings. The van der Waals surface area contributed by atoms with E-state index in [1.54, 1.807) is 25.3 Å². The molecule has 0 aliphatic carbocycles. The first-order valence-electron chi connectivity index (χ1n) is 11.0. The van der Waals surface area contributed by atoms with E-state index in [9.17, 15) is 8.78 Å². The number of nitrogens with two attached hydrogens (primary N) is 1. The third-order valence-electron chi connectivity index (χ3n) is 5.81. The SMILES string of the molecule is CC(N)c1ccnc2c(F)cc(-c3nc(Nc4ccc(N5CCNCC5)cn4)ncc3F)cc12. The molecule has 10 heteroatoms. The first kappa shape index (κ1) is 22.1. The van der Waals surface area contributed by atoms with Crippen LogP contribution in [-0.2, 0) is 0 Å². The predicted octanol–water partition coefficient (Wildman–Crippen LogP) is 3.54. The molecule has 8 nitrogen and oxygen atoms in total. The van der Waals surface area contributed by atoms with Crippen molar-refractivity contribution >= 4 is 28.4 Å². The van der Waals surface area contributed by atoms with Crippen molar-refractivity contribution in [1.29, 1.82) is 0 Å². The summed E-state index contributed by atoms with van der Waals surface area (Å²) >= 11 is 0. The molecule has 34 heavy (non-hydrogen) atoms. The molecule has 1 aliphatic rings. The van der Waals surface area contributed by atoms with E-state index in [1.807, 2.05) is 12.1 Å². The van der Waals surface area contributed by atoms with Crippen molar-refractivity contribution in [1.82, 2.24) is 25.3 Å². The van der Waals surface area contributed by atoms with Crippen LogP contribution in [0.5, 0.6) is 0 Å². The number of pyridine rings is 2. The smallest absolute Gasteiger partial charge is 0.229 e. The summed E-state index contributed by atoms with van der Waals surface area (Å²) in [4.78, 5) is 19.1. The minimum atomic E-state index is -0.669. The van der Waals surface area contributed by atoms with Crippen LogP contribution in [0.3, 0.4) is 0 Å². The number of aromatic nitrogens is 4. The van der Waals surface area contributed by atoms with E-state index in [4.69, 9.17) is 5.73 Å². The van der Waals surface area contributed by atoms with Crippen molar-refractivity contribution in [2.45, 2.75) is 13.0 Å². The van der Waals surface area contributed by atoms with E-state index in [1.165, 1.54) is 12.3 Å². The monoisotopic (exact) mass is 462 g/mol. The average Bonchev–Trinajstić information content (AvgIpc) is 2.86. The summed E-state index contributed by atoms with van der Waals surface area (Å²) < 4.78 is 29.5. The van der Waals surface area contributed by atoms with Crippen molar-refractivity contribution in [2.24, 2.45) is 5.73 Å². The summed E-state index contributed by atoms with van der Waals surface area (Å²) in [5, 5.41) is 6.83. The van der Waals surface area contributed by atoms with Gasteiger partial charge in [0.25, 0.3) is 0 Å². The zero-order chi connectivity index (χ0) is 23.7. The maximum atomic E-state index is 14.8. The molecule has 1 aromatic carbocycles. The van der Waals surface area contributed by atoms with Gasteiger partial charge in [-0.3, -0.25) is 4.98 Å². The molecule has 1 aliphatic heterocycles. The molecule has 0 spiro atoms. The van der Waals surface area contributed by atoms with Crippen LogP contribution in [0.1, 0.15) is 18.5 Å². The van der Waals surface area contributed by atoms with E-state index in [0.717, 1.165) is 38.1 Å². The molecule has 0 bridgehead atoms. The first-order chi connectivity index (χ1) is 16.5. The fourth-order valence-electron chi connectivity index (χ4n) is 4.08. The lowest BCUT2D eigenvalue weighted by atomic mass is 10.00. The van der Waals surface area contributed by atoms with E-state index in [2.05, 4.69) is 35.5 Å². The van der Waals surface area contributed by atoms with Crippen molar-refractivity contribution in [3.05, 3.63) is 66.1 Å². The minimum absolute atomic E-state index is 0.0322. The molecule has 3 aromatic heterocycles. The summed E-state index contributed by atoms with van der Waals surface area (Å²) in [6, 6.07) is 8.04. The molecule has 1 atom stereocenters. The molecular weight excluding hydrogens is 438 g/mol. The summed E-state index contributed by atoms with van der Waals surface area (Å²) in [5.74, 6) is -0.576. The summed E-state index contributed by atoms with van der Waals surface area (Å²) in [7, 11) is 0. The Labute approximate surface area is 195 Å². The van der Waals surface area contributed by atoms with Crippen molar-refractivity contribution in [3.63, 3.8) is 0 Å². The highest BCUT2D eigenvalue weighted by atomic mass is 19.1. The quantitative estimate of drug-likeness (QED) is 0.414. The predicted molar refractivity (Wildman–Crippen MR) is 128 cm³/mol. The summed E-state index contributed by atoms with van der Waals surface area (Å²) in [5.41, 5.74) is 8.20. The Morgan fingerprint density at radius 3 is 2.59 bits per heavy atom. The van der Waals surface area contributed by atoms with Crippen LogP contribution in [0.25, 0.3) is 22.2 Å². The number of nitrogens with zero attached hydrogens (tertiary/aromatic N) is 5. The molecule has 4 heterocycles. The van der Waals surface area contributed by atoms with E-state index in [0.29, 0.717) is 16.8 Å². The van der Waals surface area contributed by atoms with Crippen LogP contribution in [0.15, 0.2) is 48.9 Å². The zero-order valence-electron chi connectivity index (χ0n) is 18.6. The molecule has 1 unspecified atom stereocenters. The largest absolute Gasteiger partial charge is 0.368 e. The second kappa shape index (κ2) is 9.24. The number of piperazine rings is 1. The van der Waals surface area contributed by atoms with Gasteiger partial charge < -0.3 is 21.3 Å². The van der Waals surface area contributed by atoms with Gasteiger partial charge in [0.2, 0.25) is 5.95 Å². The van der Waals surface area contributed by atoms with E-state index in [-0.39, 0.29) is 28.8 Å². The number of fused-ring (bicyclic) bond motifs is 1. The molecule has 0 saturated carbocycles. The van der Waals surface area contributed by atoms with Crippen LogP contribution in [0.2, 0.25) is 0 Å². The molecule has 0 radical (unpaired) electrons. The van der Waals surface area contributed by atoms with Gasteiger partial charge in [0.15, 0.2) is 5.82 Å². The van der Waals surface area contributed by atoms with Crippen LogP contribution in [0, 0.1) is 11.6 Å². The van der Waals surface area contributed by atoms with Crippen molar-refractivity contribution < 1.29 is 8.78 Å². The number of nitrogens with one attached hydrogen (secondary N) is 2. The number of anilines is 3. The van der Waals surface area contributed by atoms with Crippen LogP contribution >= 0.6 is 0 Å². The Balaban J connectivity index is 1.45.